The number of benzene rings is 1. The third kappa shape index (κ3) is 3.33. The molecule has 0 radical (unpaired) electrons. The van der Waals surface area contributed by atoms with E-state index in [0.717, 1.165) is 74.1 Å². The molecule has 4 aliphatic heterocycles. The third-order valence-corrected chi connectivity index (χ3v) is 7.33. The molecule has 2 aromatic rings. The van der Waals surface area contributed by atoms with Gasteiger partial charge in [0.25, 0.3) is 0 Å². The average molecular weight is 411 g/mol. The number of hydrogen-bond acceptors (Lipinski definition) is 4. The summed E-state index contributed by atoms with van der Waals surface area (Å²) in [6.45, 7) is 3.19. The molecule has 4 heteroatoms. The van der Waals surface area contributed by atoms with Gasteiger partial charge in [0.1, 0.15) is 5.60 Å². The topological polar surface area (TPSA) is 45.7 Å². The number of carbonyl (C=O) groups is 1. The van der Waals surface area contributed by atoms with E-state index in [1.807, 2.05) is 12.3 Å². The number of fused-ring (bicyclic) bond motifs is 2. The predicted octanol–water partition coefficient (Wildman–Crippen LogP) is 3.78. The summed E-state index contributed by atoms with van der Waals surface area (Å²) in [5.41, 5.74) is 5.04. The van der Waals surface area contributed by atoms with E-state index < -0.39 is 0 Å². The zero-order valence-corrected chi connectivity index (χ0v) is 17.7. The lowest BCUT2D eigenvalue weighted by molar-refractivity contribution is -0.114. The van der Waals surface area contributed by atoms with Crippen LogP contribution in [-0.4, -0.2) is 46.5 Å². The van der Waals surface area contributed by atoms with Crippen LogP contribution >= 0.6 is 0 Å². The Morgan fingerprint density at radius 2 is 1.97 bits per heavy atom. The first-order valence-corrected chi connectivity index (χ1v) is 11.4. The number of carbonyl (C=O) groups excluding carboxylic acids is 1. The van der Waals surface area contributed by atoms with Gasteiger partial charge in [0, 0.05) is 37.8 Å². The molecule has 4 saturated heterocycles. The molecule has 7 rings (SSSR count). The van der Waals surface area contributed by atoms with Crippen LogP contribution in [0.3, 0.4) is 0 Å². The Balaban J connectivity index is 1.36. The quantitative estimate of drug-likeness (QED) is 0.571. The first kappa shape index (κ1) is 19.0. The van der Waals surface area contributed by atoms with Gasteiger partial charge < -0.3 is 4.74 Å². The Bertz CT molecular complexity index is 1130. The van der Waals surface area contributed by atoms with Crippen LogP contribution < -0.4 is 0 Å². The molecule has 1 spiro atoms. The van der Waals surface area contributed by atoms with Gasteiger partial charge in [-0.05, 0) is 60.9 Å². The molecular formula is C27H26N2O2. The van der Waals surface area contributed by atoms with Crippen molar-refractivity contribution in [1.29, 1.82) is 0 Å². The fourth-order valence-corrected chi connectivity index (χ4v) is 5.47. The molecule has 4 nitrogen and oxygen atoms in total. The monoisotopic (exact) mass is 410 g/mol. The maximum Gasteiger partial charge on any atom is 0.171 e. The van der Waals surface area contributed by atoms with Gasteiger partial charge in [-0.2, -0.15) is 0 Å². The van der Waals surface area contributed by atoms with Crippen molar-refractivity contribution in [3.8, 4) is 11.8 Å². The fraction of sp³-hybridized carbons (Fsp3) is 0.407. The number of epoxide rings is 1. The molecule has 5 heterocycles. The zero-order valence-electron chi connectivity index (χ0n) is 17.7. The van der Waals surface area contributed by atoms with Crippen LogP contribution in [0.15, 0.2) is 48.7 Å². The summed E-state index contributed by atoms with van der Waals surface area (Å²) in [5.74, 6) is 7.18. The average Bonchev–Trinajstić information content (AvgIpc) is 3.48. The van der Waals surface area contributed by atoms with Gasteiger partial charge in [-0.3, -0.25) is 14.7 Å². The van der Waals surface area contributed by atoms with E-state index in [9.17, 15) is 4.79 Å². The summed E-state index contributed by atoms with van der Waals surface area (Å²) in [5, 5.41) is 0. The molecule has 156 valence electrons. The molecule has 2 bridgehead atoms. The first-order chi connectivity index (χ1) is 15.1. The lowest BCUT2D eigenvalue weighted by Crippen LogP contribution is -2.52. The molecule has 1 atom stereocenters. The van der Waals surface area contributed by atoms with Crippen molar-refractivity contribution < 1.29 is 9.53 Å². The number of pyridine rings is 1. The molecule has 1 unspecified atom stereocenters. The van der Waals surface area contributed by atoms with Crippen molar-refractivity contribution in [2.75, 3.05) is 19.6 Å². The smallest absolute Gasteiger partial charge is 0.171 e. The van der Waals surface area contributed by atoms with E-state index in [1.54, 1.807) is 6.08 Å². The summed E-state index contributed by atoms with van der Waals surface area (Å²) in [6.07, 6.45) is 9.11. The SMILES string of the molecule is O=C1C=C(c2cc(Cc3ccccc3)c(C#CC34CN5CCC3(CC5)O4)cn2)CCC1. The van der Waals surface area contributed by atoms with Crippen LogP contribution in [0.25, 0.3) is 5.57 Å². The van der Waals surface area contributed by atoms with Crippen LogP contribution in [0.5, 0.6) is 0 Å². The molecular weight excluding hydrogens is 384 g/mol. The summed E-state index contributed by atoms with van der Waals surface area (Å²) < 4.78 is 6.27. The highest BCUT2D eigenvalue weighted by Crippen LogP contribution is 2.58. The highest BCUT2D eigenvalue weighted by Gasteiger charge is 2.73. The number of nitrogens with zero attached hydrogens (tertiary/aromatic N) is 2. The largest absolute Gasteiger partial charge is 0.347 e. The maximum atomic E-state index is 11.9. The molecule has 4 fully saturated rings. The number of hydrogen-bond donors (Lipinski definition) is 0. The first-order valence-electron chi connectivity index (χ1n) is 11.4. The van der Waals surface area contributed by atoms with Crippen LogP contribution in [0.2, 0.25) is 0 Å². The second-order valence-corrected chi connectivity index (χ2v) is 9.33. The Morgan fingerprint density at radius 3 is 2.74 bits per heavy atom. The van der Waals surface area contributed by atoms with Crippen LogP contribution in [0, 0.1) is 11.8 Å². The zero-order chi connectivity index (χ0) is 20.9. The number of ketones is 1. The van der Waals surface area contributed by atoms with E-state index in [0.29, 0.717) is 6.42 Å². The Labute approximate surface area is 183 Å². The van der Waals surface area contributed by atoms with Crippen LogP contribution in [-0.2, 0) is 16.0 Å². The summed E-state index contributed by atoms with van der Waals surface area (Å²) >= 11 is 0. The van der Waals surface area contributed by atoms with Crippen molar-refractivity contribution >= 4 is 11.4 Å². The lowest BCUT2D eigenvalue weighted by atomic mass is 9.79. The Morgan fingerprint density at radius 1 is 1.13 bits per heavy atom. The maximum absolute atomic E-state index is 11.9. The molecule has 1 aromatic heterocycles. The van der Waals surface area contributed by atoms with E-state index in [2.05, 4.69) is 47.1 Å². The van der Waals surface area contributed by atoms with E-state index in [4.69, 9.17) is 9.72 Å². The number of aromatic nitrogens is 1. The molecule has 5 aliphatic rings. The lowest BCUT2D eigenvalue weighted by Gasteiger charge is -2.38. The van der Waals surface area contributed by atoms with E-state index >= 15 is 0 Å². The van der Waals surface area contributed by atoms with Crippen molar-refractivity contribution in [3.05, 3.63) is 71.1 Å². The standard InChI is InChI=1S/C27H26N2O2/c30-24-8-4-7-21(16-24)25-17-23(15-20-5-2-1-3-6-20)22(18-28-25)9-10-27-19-29-13-11-26(27,31-27)12-14-29/h1-3,5-6,16-18H,4,7-8,11-15,19H2. The molecule has 0 amide bonds. The normalized spacial score (nSPS) is 30.8. The van der Waals surface area contributed by atoms with Crippen molar-refractivity contribution in [2.45, 2.75) is 49.7 Å². The van der Waals surface area contributed by atoms with Gasteiger partial charge in [-0.1, -0.05) is 42.2 Å². The second kappa shape index (κ2) is 7.15. The van der Waals surface area contributed by atoms with E-state index in [-0.39, 0.29) is 17.0 Å². The van der Waals surface area contributed by atoms with Gasteiger partial charge in [-0.25, -0.2) is 0 Å². The van der Waals surface area contributed by atoms with Crippen molar-refractivity contribution in [1.82, 2.24) is 9.88 Å². The molecule has 0 N–H and O–H groups in total. The number of rotatable bonds is 3. The van der Waals surface area contributed by atoms with Crippen LogP contribution in [0.1, 0.15) is 54.5 Å². The number of piperidine rings is 3. The Kier molecular flexibility index (Phi) is 4.38. The van der Waals surface area contributed by atoms with Gasteiger partial charge in [-0.15, -0.1) is 0 Å². The predicted molar refractivity (Wildman–Crippen MR) is 119 cm³/mol. The molecule has 0 saturated carbocycles. The third-order valence-electron chi connectivity index (χ3n) is 7.33. The fourth-order valence-electron chi connectivity index (χ4n) is 5.47. The number of ether oxygens (including phenoxy) is 1. The van der Waals surface area contributed by atoms with Crippen LogP contribution in [0.4, 0.5) is 0 Å². The molecule has 1 aromatic carbocycles. The van der Waals surface area contributed by atoms with Gasteiger partial charge in [0.05, 0.1) is 5.69 Å². The minimum absolute atomic E-state index is 0.00498. The minimum Gasteiger partial charge on any atom is -0.347 e. The number of allylic oxidation sites excluding steroid dienone is 2. The summed E-state index contributed by atoms with van der Waals surface area (Å²) in [6, 6.07) is 12.6. The van der Waals surface area contributed by atoms with Gasteiger partial charge in [0.15, 0.2) is 11.4 Å². The van der Waals surface area contributed by atoms with Gasteiger partial charge >= 0.3 is 0 Å². The Hall–Kier alpha value is -2.74. The minimum atomic E-state index is -0.287. The molecule has 1 aliphatic carbocycles. The second-order valence-electron chi connectivity index (χ2n) is 9.33. The summed E-state index contributed by atoms with van der Waals surface area (Å²) in [7, 11) is 0. The highest BCUT2D eigenvalue weighted by molar-refractivity contribution is 5.98. The highest BCUT2D eigenvalue weighted by atomic mass is 16.6. The van der Waals surface area contributed by atoms with E-state index in [1.165, 1.54) is 5.56 Å². The van der Waals surface area contributed by atoms with Crippen molar-refractivity contribution in [2.24, 2.45) is 0 Å². The van der Waals surface area contributed by atoms with Gasteiger partial charge in [0.2, 0.25) is 0 Å². The summed E-state index contributed by atoms with van der Waals surface area (Å²) in [4.78, 5) is 19.1. The molecule has 31 heavy (non-hydrogen) atoms. The van der Waals surface area contributed by atoms with Crippen molar-refractivity contribution in [3.63, 3.8) is 0 Å².